The van der Waals surface area contributed by atoms with E-state index in [1.54, 1.807) is 27.0 Å². The van der Waals surface area contributed by atoms with Crippen molar-refractivity contribution in [2.45, 2.75) is 97.5 Å². The number of sulfonamides is 4. The Morgan fingerprint density at radius 3 is 1.81 bits per heavy atom. The summed E-state index contributed by atoms with van der Waals surface area (Å²) in [7, 11) is -16.2. The second-order valence-electron chi connectivity index (χ2n) is 17.6. The number of fused-ring (bicyclic) bond motifs is 1. The second-order valence-corrected chi connectivity index (χ2v) is 24.0. The molecule has 1 aliphatic carbocycles. The molecule has 388 valence electrons. The SMILES string of the molecule is CC(C)Oc1cc(C(=O)NS(=O)(=O)c2ccccc2S(N)(=O)=O)cnc1C#CC1CCCCC1.COC(C)(C)CCOc1cc(C(=O)NS(=O)(=O)c2ccccc2S(N)(=O)=O)ccc1-c1cc2ccccc2o1. The highest BCUT2D eigenvalue weighted by Crippen LogP contribution is 2.36. The molecule has 23 heteroatoms. The Labute approximate surface area is 425 Å². The van der Waals surface area contributed by atoms with Crippen molar-refractivity contribution in [3.8, 4) is 34.7 Å². The molecule has 6 aromatic rings. The molecule has 7 rings (SSSR count). The molecule has 0 unspecified atom stereocenters. The molecule has 19 nitrogen and oxygen atoms in total. The van der Waals surface area contributed by atoms with Gasteiger partial charge in [0, 0.05) is 36.6 Å². The third-order valence-electron chi connectivity index (χ3n) is 11.3. The van der Waals surface area contributed by atoms with Gasteiger partial charge in [-0.05, 0) is 107 Å². The summed E-state index contributed by atoms with van der Waals surface area (Å²) in [5.74, 6) is 5.60. The number of carbonyl (C=O) groups excluding carboxylic acids is 2. The number of pyridine rings is 1. The summed E-state index contributed by atoms with van der Waals surface area (Å²) < 4.78 is 126. The van der Waals surface area contributed by atoms with Gasteiger partial charge in [-0.1, -0.05) is 67.6 Å². The van der Waals surface area contributed by atoms with Crippen LogP contribution in [0.1, 0.15) is 92.6 Å². The van der Waals surface area contributed by atoms with Gasteiger partial charge >= 0.3 is 0 Å². The van der Waals surface area contributed by atoms with Crippen LogP contribution in [-0.2, 0) is 44.8 Å². The Balaban J connectivity index is 0.000000241. The highest BCUT2D eigenvalue weighted by atomic mass is 32.2. The van der Waals surface area contributed by atoms with Crippen LogP contribution in [0.4, 0.5) is 0 Å². The number of benzene rings is 4. The van der Waals surface area contributed by atoms with Gasteiger partial charge in [0.2, 0.25) is 20.0 Å². The third kappa shape index (κ3) is 14.7. The Hall–Kier alpha value is -6.65. The number of nitrogens with one attached hydrogen (secondary N) is 2. The maximum Gasteiger partial charge on any atom is 0.266 e. The first-order chi connectivity index (χ1) is 34.3. The van der Waals surface area contributed by atoms with E-state index in [0.717, 1.165) is 55.3 Å². The lowest BCUT2D eigenvalue weighted by Crippen LogP contribution is -2.32. The summed E-state index contributed by atoms with van der Waals surface area (Å²) in [6, 6.07) is 24.6. The minimum absolute atomic E-state index is 0.0347. The predicted octanol–water partition coefficient (Wildman–Crippen LogP) is 6.63. The normalized spacial score (nSPS) is 13.5. The molecule has 4 aromatic carbocycles. The van der Waals surface area contributed by atoms with Crippen molar-refractivity contribution in [2.24, 2.45) is 16.2 Å². The minimum atomic E-state index is -4.59. The van der Waals surface area contributed by atoms with E-state index in [-0.39, 0.29) is 41.3 Å². The highest BCUT2D eigenvalue weighted by Gasteiger charge is 2.29. The van der Waals surface area contributed by atoms with Crippen molar-refractivity contribution in [1.29, 1.82) is 0 Å². The molecule has 2 aromatic heterocycles. The molecule has 0 radical (unpaired) electrons. The fraction of sp³-hybridized carbons (Fsp3) is 0.300. The Morgan fingerprint density at radius 1 is 0.726 bits per heavy atom. The molecule has 0 aliphatic heterocycles. The average molecular weight is 1080 g/mol. The zero-order chi connectivity index (χ0) is 53.4. The fourth-order valence-corrected chi connectivity index (χ4v) is 12.0. The zero-order valence-electron chi connectivity index (χ0n) is 40.4. The number of amides is 2. The largest absolute Gasteiger partial charge is 0.493 e. The molecule has 6 N–H and O–H groups in total. The van der Waals surface area contributed by atoms with Gasteiger partial charge in [-0.25, -0.2) is 58.4 Å². The number of rotatable bonds is 16. The van der Waals surface area contributed by atoms with Crippen LogP contribution in [0, 0.1) is 17.8 Å². The Kier molecular flexibility index (Phi) is 17.6. The van der Waals surface area contributed by atoms with Gasteiger partial charge in [0.25, 0.3) is 31.9 Å². The number of hydrogen-bond acceptors (Lipinski definition) is 15. The number of nitrogens with two attached hydrogens (primary N) is 2. The molecule has 2 heterocycles. The van der Waals surface area contributed by atoms with Crippen LogP contribution in [0.3, 0.4) is 0 Å². The lowest BCUT2D eigenvalue weighted by atomic mass is 9.90. The van der Waals surface area contributed by atoms with Crippen molar-refractivity contribution in [3.63, 3.8) is 0 Å². The van der Waals surface area contributed by atoms with Crippen molar-refractivity contribution in [3.05, 3.63) is 126 Å². The second kappa shape index (κ2) is 23.1. The topological polar surface area (TPSA) is 301 Å². The van der Waals surface area contributed by atoms with Crippen molar-refractivity contribution in [2.75, 3.05) is 13.7 Å². The lowest BCUT2D eigenvalue weighted by molar-refractivity contribution is 0.00547. The number of carbonyl (C=O) groups is 2. The van der Waals surface area contributed by atoms with E-state index < -0.39 is 77.1 Å². The zero-order valence-corrected chi connectivity index (χ0v) is 43.7. The van der Waals surface area contributed by atoms with Crippen molar-refractivity contribution in [1.82, 2.24) is 14.4 Å². The Morgan fingerprint density at radius 2 is 1.26 bits per heavy atom. The molecule has 2 amide bonds. The van der Waals surface area contributed by atoms with E-state index in [9.17, 15) is 43.3 Å². The first-order valence-corrected chi connectivity index (χ1v) is 28.7. The monoisotopic (exact) mass is 1080 g/mol. The van der Waals surface area contributed by atoms with Crippen LogP contribution in [0.5, 0.6) is 11.5 Å². The van der Waals surface area contributed by atoms with Gasteiger partial charge in [0.05, 0.1) is 29.4 Å². The molecular weight excluding hydrogens is 1020 g/mol. The van der Waals surface area contributed by atoms with E-state index in [0.29, 0.717) is 29.0 Å². The molecule has 0 atom stereocenters. The first-order valence-electron chi connectivity index (χ1n) is 22.6. The fourth-order valence-electron chi connectivity index (χ4n) is 7.32. The summed E-state index contributed by atoms with van der Waals surface area (Å²) in [5.41, 5.74) is 1.00. The van der Waals surface area contributed by atoms with Gasteiger partial charge in [-0.3, -0.25) is 9.59 Å². The average Bonchev–Trinajstić information content (AvgIpc) is 3.77. The van der Waals surface area contributed by atoms with Crippen LogP contribution >= 0.6 is 0 Å². The number of ether oxygens (including phenoxy) is 3. The molecule has 1 fully saturated rings. The maximum absolute atomic E-state index is 13.0. The Bertz CT molecular complexity index is 3510. The highest BCUT2D eigenvalue weighted by molar-refractivity contribution is 7.93. The quantitative estimate of drug-likeness (QED) is 0.0740. The molecule has 73 heavy (non-hydrogen) atoms. The summed E-state index contributed by atoms with van der Waals surface area (Å²) in [6.07, 6.45) is 7.06. The minimum Gasteiger partial charge on any atom is -0.493 e. The van der Waals surface area contributed by atoms with E-state index in [4.69, 9.17) is 28.9 Å². The molecule has 1 saturated carbocycles. The standard InChI is InChI=1S/C27H28N2O8S2.C23H27N3O6S2/c1-27(2,35-3)14-15-36-22-17-19(12-13-20(22)23-16-18-8-4-5-9-21(18)37-23)26(30)29-39(33,34)25-11-7-6-10-24(25)38(28,31)32;1-16(2)32-20-14-18(15-25-19(20)13-12-17-8-4-3-5-9-17)23(27)26-34(30,31)22-11-7-6-10-21(22)33(24,28)29/h4-13,16-17H,14-15H2,1-3H3,(H,29,30)(H2,28,31,32);6-7,10-11,14-17H,3-5,8-9H2,1-2H3,(H,26,27)(H2,24,28,29). The molecule has 0 spiro atoms. The van der Waals surface area contributed by atoms with Gasteiger partial charge in [-0.2, -0.15) is 0 Å². The van der Waals surface area contributed by atoms with Crippen molar-refractivity contribution < 1.29 is 61.9 Å². The smallest absolute Gasteiger partial charge is 0.266 e. The van der Waals surface area contributed by atoms with E-state index in [1.807, 2.05) is 53.6 Å². The molecular formula is C50H55N5O14S4. The summed E-state index contributed by atoms with van der Waals surface area (Å²) in [5, 5.41) is 11.2. The van der Waals surface area contributed by atoms with E-state index in [1.165, 1.54) is 55.1 Å². The lowest BCUT2D eigenvalue weighted by Gasteiger charge is -2.23. The van der Waals surface area contributed by atoms with E-state index in [2.05, 4.69) is 16.8 Å². The number of para-hydroxylation sites is 1. The summed E-state index contributed by atoms with van der Waals surface area (Å²) in [4.78, 5) is 27.5. The van der Waals surface area contributed by atoms with Crippen LogP contribution in [0.15, 0.2) is 133 Å². The van der Waals surface area contributed by atoms with Crippen LogP contribution in [0.2, 0.25) is 0 Å². The molecule has 1 aliphatic rings. The number of methoxy groups -OCH3 is 1. The van der Waals surface area contributed by atoms with Crippen LogP contribution in [0.25, 0.3) is 22.3 Å². The number of hydrogen-bond donors (Lipinski definition) is 4. The van der Waals surface area contributed by atoms with Gasteiger partial charge in [0.1, 0.15) is 36.7 Å². The van der Waals surface area contributed by atoms with Gasteiger partial charge in [-0.15, -0.1) is 0 Å². The maximum atomic E-state index is 13.0. The molecule has 0 saturated heterocycles. The first kappa shape index (κ1) is 55.7. The van der Waals surface area contributed by atoms with Crippen LogP contribution < -0.4 is 29.2 Å². The third-order valence-corrected chi connectivity index (χ3v) is 16.2. The van der Waals surface area contributed by atoms with Crippen LogP contribution in [-0.4, -0.2) is 75.9 Å². The summed E-state index contributed by atoms with van der Waals surface area (Å²) in [6.45, 7) is 7.66. The van der Waals surface area contributed by atoms with E-state index >= 15 is 0 Å². The number of nitrogens with zero attached hydrogens (tertiary/aromatic N) is 1. The number of aromatic nitrogens is 1. The number of primary sulfonamides is 2. The van der Waals surface area contributed by atoms with Gasteiger partial charge < -0.3 is 18.6 Å². The molecule has 0 bridgehead atoms. The van der Waals surface area contributed by atoms with Crippen molar-refractivity contribution >= 4 is 62.9 Å². The van der Waals surface area contributed by atoms with Gasteiger partial charge in [0.15, 0.2) is 11.4 Å². The summed E-state index contributed by atoms with van der Waals surface area (Å²) >= 11 is 0. The number of furan rings is 1. The predicted molar refractivity (Wildman–Crippen MR) is 271 cm³/mol.